The van der Waals surface area contributed by atoms with Crippen molar-refractivity contribution in [2.24, 2.45) is 5.41 Å². The van der Waals surface area contributed by atoms with E-state index in [1.54, 1.807) is 38.1 Å². The van der Waals surface area contributed by atoms with Crippen LogP contribution in [0.2, 0.25) is 0 Å². The van der Waals surface area contributed by atoms with Gasteiger partial charge in [0, 0.05) is 11.4 Å². The Balaban J connectivity index is 2.11. The van der Waals surface area contributed by atoms with E-state index in [4.69, 9.17) is 5.26 Å². The molecule has 5 nitrogen and oxygen atoms in total. The monoisotopic (exact) mass is 335 g/mol. The van der Waals surface area contributed by atoms with Crippen LogP contribution in [0.1, 0.15) is 30.5 Å². The molecule has 2 N–H and O–H groups in total. The summed E-state index contributed by atoms with van der Waals surface area (Å²) < 4.78 is 0. The van der Waals surface area contributed by atoms with Gasteiger partial charge in [0.2, 0.25) is 11.8 Å². The van der Waals surface area contributed by atoms with Gasteiger partial charge in [0.05, 0.1) is 11.6 Å². The molecule has 0 atom stereocenters. The van der Waals surface area contributed by atoms with E-state index in [0.29, 0.717) is 16.9 Å². The molecule has 0 saturated carbocycles. The van der Waals surface area contributed by atoms with Crippen molar-refractivity contribution in [2.45, 2.75) is 27.7 Å². The highest BCUT2D eigenvalue weighted by molar-refractivity contribution is 6.14. The molecular weight excluding hydrogens is 314 g/mol. The van der Waals surface area contributed by atoms with E-state index in [0.717, 1.165) is 11.1 Å². The predicted octanol–water partition coefficient (Wildman–Crippen LogP) is 3.78. The topological polar surface area (TPSA) is 82.0 Å². The summed E-state index contributed by atoms with van der Waals surface area (Å²) in [4.78, 5) is 25.1. The van der Waals surface area contributed by atoms with Crippen LogP contribution in [-0.4, -0.2) is 11.8 Å². The number of nitrogens with one attached hydrogen (secondary N) is 2. The smallest absolute Gasteiger partial charge is 0.239 e. The maximum absolute atomic E-state index is 12.6. The molecule has 0 heterocycles. The minimum atomic E-state index is -1.26. The Morgan fingerprint density at radius 2 is 1.36 bits per heavy atom. The standard InChI is InChI=1S/C20H21N3O2/c1-13-9-14(2)11-17(10-13)23-19(25)20(3,4)18(24)22-16-7-5-15(12-21)6-8-16/h5-11H,1-4H3,(H,22,24)(H,23,25). The van der Waals surface area contributed by atoms with Crippen molar-refractivity contribution in [3.63, 3.8) is 0 Å². The van der Waals surface area contributed by atoms with Gasteiger partial charge in [-0.05, 0) is 75.2 Å². The molecule has 0 fully saturated rings. The van der Waals surface area contributed by atoms with Crippen LogP contribution in [0.4, 0.5) is 11.4 Å². The first-order chi connectivity index (χ1) is 11.7. The van der Waals surface area contributed by atoms with Gasteiger partial charge in [-0.1, -0.05) is 6.07 Å². The molecule has 0 aliphatic carbocycles. The van der Waals surface area contributed by atoms with Crippen molar-refractivity contribution in [2.75, 3.05) is 10.6 Å². The Labute approximate surface area is 147 Å². The molecule has 25 heavy (non-hydrogen) atoms. The van der Waals surface area contributed by atoms with Gasteiger partial charge in [-0.3, -0.25) is 9.59 Å². The zero-order chi connectivity index (χ0) is 18.6. The maximum Gasteiger partial charge on any atom is 0.239 e. The molecule has 0 aliphatic heterocycles. The summed E-state index contributed by atoms with van der Waals surface area (Å²) in [5.74, 6) is -0.803. The molecule has 0 radical (unpaired) electrons. The number of nitriles is 1. The van der Waals surface area contributed by atoms with Gasteiger partial charge in [0.1, 0.15) is 5.41 Å². The zero-order valence-electron chi connectivity index (χ0n) is 14.8. The fourth-order valence-corrected chi connectivity index (χ4v) is 2.35. The molecule has 2 aromatic rings. The second-order valence-corrected chi connectivity index (χ2v) is 6.60. The molecule has 0 saturated heterocycles. The van der Waals surface area contributed by atoms with Crippen LogP contribution in [0.25, 0.3) is 0 Å². The van der Waals surface area contributed by atoms with E-state index in [1.807, 2.05) is 38.1 Å². The van der Waals surface area contributed by atoms with Crippen molar-refractivity contribution in [3.8, 4) is 6.07 Å². The van der Waals surface area contributed by atoms with Crippen molar-refractivity contribution >= 4 is 23.2 Å². The van der Waals surface area contributed by atoms with E-state index in [2.05, 4.69) is 10.6 Å². The third-order valence-corrected chi connectivity index (χ3v) is 3.89. The quantitative estimate of drug-likeness (QED) is 0.834. The second-order valence-electron chi connectivity index (χ2n) is 6.60. The Hall–Kier alpha value is -3.13. The van der Waals surface area contributed by atoms with Gasteiger partial charge in [-0.15, -0.1) is 0 Å². The number of benzene rings is 2. The molecule has 5 heteroatoms. The molecule has 2 amide bonds. The Morgan fingerprint density at radius 3 is 1.84 bits per heavy atom. The zero-order valence-corrected chi connectivity index (χ0v) is 14.8. The van der Waals surface area contributed by atoms with Crippen LogP contribution < -0.4 is 10.6 Å². The van der Waals surface area contributed by atoms with Gasteiger partial charge in [0.15, 0.2) is 0 Å². The highest BCUT2D eigenvalue weighted by atomic mass is 16.2. The van der Waals surface area contributed by atoms with Crippen LogP contribution in [0.5, 0.6) is 0 Å². The molecule has 0 bridgehead atoms. The number of carbonyl (C=O) groups excluding carboxylic acids is 2. The summed E-state index contributed by atoms with van der Waals surface area (Å²) in [6.45, 7) is 7.05. The van der Waals surface area contributed by atoms with Gasteiger partial charge < -0.3 is 10.6 Å². The second kappa shape index (κ2) is 7.18. The molecule has 128 valence electrons. The molecule has 0 spiro atoms. The summed E-state index contributed by atoms with van der Waals surface area (Å²) in [6, 6.07) is 14.2. The van der Waals surface area contributed by atoms with Crippen molar-refractivity contribution < 1.29 is 9.59 Å². The largest absolute Gasteiger partial charge is 0.325 e. The summed E-state index contributed by atoms with van der Waals surface area (Å²) >= 11 is 0. The summed E-state index contributed by atoms with van der Waals surface area (Å²) in [7, 11) is 0. The summed E-state index contributed by atoms with van der Waals surface area (Å²) in [5, 5.41) is 14.3. The molecule has 2 aromatic carbocycles. The van der Waals surface area contributed by atoms with Crippen LogP contribution >= 0.6 is 0 Å². The van der Waals surface area contributed by atoms with Gasteiger partial charge in [0.25, 0.3) is 0 Å². The number of amides is 2. The lowest BCUT2D eigenvalue weighted by Gasteiger charge is -2.23. The lowest BCUT2D eigenvalue weighted by Crippen LogP contribution is -2.41. The third-order valence-electron chi connectivity index (χ3n) is 3.89. The lowest BCUT2D eigenvalue weighted by molar-refractivity contribution is -0.135. The summed E-state index contributed by atoms with van der Waals surface area (Å²) in [5.41, 5.74) is 2.53. The van der Waals surface area contributed by atoms with E-state index < -0.39 is 11.3 Å². The van der Waals surface area contributed by atoms with Crippen molar-refractivity contribution in [3.05, 3.63) is 59.2 Å². The number of rotatable bonds is 4. The predicted molar refractivity (Wildman–Crippen MR) is 98.1 cm³/mol. The average molecular weight is 335 g/mol. The fraction of sp³-hybridized carbons (Fsp3) is 0.250. The SMILES string of the molecule is Cc1cc(C)cc(NC(=O)C(C)(C)C(=O)Nc2ccc(C#N)cc2)c1. The normalized spacial score (nSPS) is 10.7. The molecular formula is C20H21N3O2. The molecule has 0 unspecified atom stereocenters. The highest BCUT2D eigenvalue weighted by Gasteiger charge is 2.36. The fourth-order valence-electron chi connectivity index (χ4n) is 2.35. The first-order valence-electron chi connectivity index (χ1n) is 7.94. The van der Waals surface area contributed by atoms with Crippen molar-refractivity contribution in [1.29, 1.82) is 5.26 Å². The first kappa shape index (κ1) is 18.2. The minimum absolute atomic E-state index is 0.386. The molecule has 0 aliphatic rings. The highest BCUT2D eigenvalue weighted by Crippen LogP contribution is 2.23. The van der Waals surface area contributed by atoms with E-state index >= 15 is 0 Å². The number of anilines is 2. The Bertz CT molecular complexity index is 826. The van der Waals surface area contributed by atoms with Crippen LogP contribution in [0.15, 0.2) is 42.5 Å². The lowest BCUT2D eigenvalue weighted by atomic mass is 9.90. The summed E-state index contributed by atoms with van der Waals surface area (Å²) in [6.07, 6.45) is 0. The average Bonchev–Trinajstić information content (AvgIpc) is 2.54. The Kier molecular flexibility index (Phi) is 5.23. The van der Waals surface area contributed by atoms with Gasteiger partial charge in [-0.2, -0.15) is 5.26 Å². The van der Waals surface area contributed by atoms with Gasteiger partial charge >= 0.3 is 0 Å². The number of hydrogen-bond acceptors (Lipinski definition) is 3. The molecule has 0 aromatic heterocycles. The minimum Gasteiger partial charge on any atom is -0.325 e. The third kappa shape index (κ3) is 4.45. The number of aryl methyl sites for hydroxylation is 2. The number of hydrogen-bond donors (Lipinski definition) is 2. The van der Waals surface area contributed by atoms with Crippen molar-refractivity contribution in [1.82, 2.24) is 0 Å². The molecule has 2 rings (SSSR count). The Morgan fingerprint density at radius 1 is 0.880 bits per heavy atom. The maximum atomic E-state index is 12.6. The first-order valence-corrected chi connectivity index (χ1v) is 7.94. The number of carbonyl (C=O) groups is 2. The van der Waals surface area contributed by atoms with Crippen LogP contribution in [-0.2, 0) is 9.59 Å². The van der Waals surface area contributed by atoms with Crippen LogP contribution in [0.3, 0.4) is 0 Å². The van der Waals surface area contributed by atoms with E-state index in [-0.39, 0.29) is 5.91 Å². The van der Waals surface area contributed by atoms with Gasteiger partial charge in [-0.25, -0.2) is 0 Å². The van der Waals surface area contributed by atoms with Crippen LogP contribution in [0, 0.1) is 30.6 Å². The van der Waals surface area contributed by atoms with E-state index in [9.17, 15) is 9.59 Å². The van der Waals surface area contributed by atoms with E-state index in [1.165, 1.54) is 0 Å². The number of nitrogens with zero attached hydrogens (tertiary/aromatic N) is 1.